The Morgan fingerprint density at radius 2 is 1.11 bits per heavy atom. The molecule has 1 unspecified atom stereocenters. The topological polar surface area (TPSA) is 26.3 Å². The first-order valence-corrected chi connectivity index (χ1v) is 11.9. The van der Waals surface area contributed by atoms with Gasteiger partial charge in [0, 0.05) is 4.43 Å². The van der Waals surface area contributed by atoms with E-state index in [0.29, 0.717) is 6.61 Å². The Kier molecular flexibility index (Phi) is 20.9. The molecule has 0 aliphatic rings. The number of esters is 1. The van der Waals surface area contributed by atoms with Crippen molar-refractivity contribution in [2.45, 2.75) is 58.8 Å². The molecule has 0 saturated heterocycles. The highest BCUT2D eigenvalue weighted by atomic mass is 127. The predicted molar refractivity (Wildman–Crippen MR) is 132 cm³/mol. The lowest BCUT2D eigenvalue weighted by Gasteiger charge is -2.09. The molecule has 0 saturated carbocycles. The van der Waals surface area contributed by atoms with E-state index in [1.54, 1.807) is 0 Å². The Morgan fingerprint density at radius 1 is 0.714 bits per heavy atom. The second kappa shape index (κ2) is 21.9. The van der Waals surface area contributed by atoms with Crippen LogP contribution in [0.2, 0.25) is 0 Å². The van der Waals surface area contributed by atoms with Crippen LogP contribution in [0.1, 0.15) is 58.8 Å². The number of hydrogen-bond donors (Lipinski definition) is 0. The lowest BCUT2D eigenvalue weighted by molar-refractivity contribution is -0.146. The molecule has 0 fully saturated rings. The maximum Gasteiger partial charge on any atom is 0.310 e. The molecule has 0 amide bonds. The summed E-state index contributed by atoms with van der Waals surface area (Å²) in [6, 6.07) is 0. The van der Waals surface area contributed by atoms with Crippen LogP contribution in [0.15, 0.2) is 72.9 Å². The average molecular weight is 496 g/mol. The number of halogens is 1. The van der Waals surface area contributed by atoms with Crippen LogP contribution in [0.5, 0.6) is 0 Å². The summed E-state index contributed by atoms with van der Waals surface area (Å²) >= 11 is 2.24. The highest BCUT2D eigenvalue weighted by Gasteiger charge is 2.16. The quantitative estimate of drug-likeness (QED) is 0.0948. The number of carbonyl (C=O) groups is 1. The fraction of sp³-hybridized carbons (Fsp3) is 0.480. The summed E-state index contributed by atoms with van der Waals surface area (Å²) in [6.07, 6.45) is 33.0. The summed E-state index contributed by atoms with van der Waals surface area (Å²) < 4.78 is 5.87. The standard InChI is InChI=1S/C25H37IO2/c1-3-5-6-7-8-9-10-11-12-13-14-15-16-17-18-19-20-21-22-24(23-26)25(27)28-4-2/h5-6,8-9,11-12,14-15,17-18,20-21,24H,3-4,7,10,13,16,19,22-23H2,1-2H3/b6-5-,9-8-,12-11-,15-14-,18-17-,21-20-. The van der Waals surface area contributed by atoms with Gasteiger partial charge in [-0.2, -0.15) is 0 Å². The molecule has 1 atom stereocenters. The molecule has 0 bridgehead atoms. The van der Waals surface area contributed by atoms with E-state index < -0.39 is 0 Å². The van der Waals surface area contributed by atoms with Gasteiger partial charge in [0.2, 0.25) is 0 Å². The number of ether oxygens (including phenoxy) is 1. The monoisotopic (exact) mass is 496 g/mol. The number of alkyl halides is 1. The highest BCUT2D eigenvalue weighted by Crippen LogP contribution is 2.11. The van der Waals surface area contributed by atoms with Crippen molar-refractivity contribution < 1.29 is 9.53 Å². The van der Waals surface area contributed by atoms with E-state index >= 15 is 0 Å². The van der Waals surface area contributed by atoms with Gasteiger partial charge in [0.25, 0.3) is 0 Å². The summed E-state index contributed by atoms with van der Waals surface area (Å²) in [5, 5.41) is 0. The minimum absolute atomic E-state index is 0.0230. The van der Waals surface area contributed by atoms with Crippen LogP contribution in [0, 0.1) is 5.92 Å². The summed E-state index contributed by atoms with van der Waals surface area (Å²) in [6.45, 7) is 4.45. The third kappa shape index (κ3) is 18.0. The molecular weight excluding hydrogens is 459 g/mol. The molecule has 0 aromatic carbocycles. The van der Waals surface area contributed by atoms with Gasteiger partial charge < -0.3 is 4.74 Å². The highest BCUT2D eigenvalue weighted by molar-refractivity contribution is 14.1. The molecule has 156 valence electrons. The fourth-order valence-electron chi connectivity index (χ4n) is 2.26. The zero-order valence-electron chi connectivity index (χ0n) is 17.6. The van der Waals surface area contributed by atoms with Crippen LogP contribution >= 0.6 is 22.6 Å². The zero-order chi connectivity index (χ0) is 20.7. The zero-order valence-corrected chi connectivity index (χ0v) is 19.7. The van der Waals surface area contributed by atoms with Crippen molar-refractivity contribution in [2.75, 3.05) is 11.0 Å². The molecular formula is C25H37IO2. The summed E-state index contributed by atoms with van der Waals surface area (Å²) in [5.74, 6) is -0.110. The van der Waals surface area contributed by atoms with E-state index in [-0.39, 0.29) is 11.9 Å². The van der Waals surface area contributed by atoms with Crippen molar-refractivity contribution in [3.05, 3.63) is 72.9 Å². The molecule has 0 aliphatic heterocycles. The number of allylic oxidation sites excluding steroid dienone is 12. The number of hydrogen-bond acceptors (Lipinski definition) is 2. The normalized spacial score (nSPS) is 14.0. The van der Waals surface area contributed by atoms with Crippen molar-refractivity contribution in [3.63, 3.8) is 0 Å². The first-order chi connectivity index (χ1) is 13.8. The van der Waals surface area contributed by atoms with Crippen LogP contribution < -0.4 is 0 Å². The SMILES string of the molecule is CC/C=C\C/C=C\C/C=C\C/C=C\C/C=C\C/C=C\CC(CI)C(=O)OCC. The molecule has 0 aromatic heterocycles. The third-order valence-corrected chi connectivity index (χ3v) is 4.89. The largest absolute Gasteiger partial charge is 0.466 e. The van der Waals surface area contributed by atoms with Gasteiger partial charge >= 0.3 is 5.97 Å². The number of rotatable bonds is 16. The van der Waals surface area contributed by atoms with Gasteiger partial charge in [-0.25, -0.2) is 0 Å². The predicted octanol–water partition coefficient (Wildman–Crippen LogP) is 7.69. The Bertz CT molecular complexity index is 539. The second-order valence-corrected chi connectivity index (χ2v) is 7.13. The van der Waals surface area contributed by atoms with E-state index in [1.807, 2.05) is 6.92 Å². The fourth-order valence-corrected chi connectivity index (χ4v) is 2.98. The van der Waals surface area contributed by atoms with Crippen LogP contribution in [0.25, 0.3) is 0 Å². The van der Waals surface area contributed by atoms with Crippen LogP contribution in [-0.2, 0) is 9.53 Å². The van der Waals surface area contributed by atoms with Crippen LogP contribution in [-0.4, -0.2) is 17.0 Å². The van der Waals surface area contributed by atoms with Crippen LogP contribution in [0.4, 0.5) is 0 Å². The molecule has 3 heteroatoms. The van der Waals surface area contributed by atoms with Gasteiger partial charge in [0.05, 0.1) is 12.5 Å². The van der Waals surface area contributed by atoms with Crippen molar-refractivity contribution in [2.24, 2.45) is 5.92 Å². The molecule has 2 nitrogen and oxygen atoms in total. The maximum atomic E-state index is 11.7. The minimum Gasteiger partial charge on any atom is -0.466 e. The van der Waals surface area contributed by atoms with E-state index in [9.17, 15) is 4.79 Å². The van der Waals surface area contributed by atoms with Crippen molar-refractivity contribution >= 4 is 28.6 Å². The van der Waals surface area contributed by atoms with E-state index in [2.05, 4.69) is 102 Å². The molecule has 0 N–H and O–H groups in total. The summed E-state index contributed by atoms with van der Waals surface area (Å²) in [4.78, 5) is 11.7. The molecule has 0 heterocycles. The lowest BCUT2D eigenvalue weighted by atomic mass is 10.1. The first kappa shape index (κ1) is 26.6. The average Bonchev–Trinajstić information content (AvgIpc) is 2.70. The van der Waals surface area contributed by atoms with Gasteiger partial charge in [-0.3, -0.25) is 4.79 Å². The first-order valence-electron chi connectivity index (χ1n) is 10.4. The van der Waals surface area contributed by atoms with E-state index in [4.69, 9.17) is 4.74 Å². The van der Waals surface area contributed by atoms with Crippen molar-refractivity contribution in [1.82, 2.24) is 0 Å². The minimum atomic E-state index is -0.0866. The van der Waals surface area contributed by atoms with Gasteiger partial charge in [-0.05, 0) is 51.9 Å². The van der Waals surface area contributed by atoms with E-state index in [0.717, 1.165) is 49.4 Å². The molecule has 0 rings (SSSR count). The van der Waals surface area contributed by atoms with Gasteiger partial charge in [-0.15, -0.1) is 0 Å². The van der Waals surface area contributed by atoms with Gasteiger partial charge in [0.1, 0.15) is 0 Å². The number of carbonyl (C=O) groups excluding carboxylic acids is 1. The Morgan fingerprint density at radius 3 is 1.46 bits per heavy atom. The van der Waals surface area contributed by atoms with Crippen molar-refractivity contribution in [3.8, 4) is 0 Å². The molecule has 0 aromatic rings. The second-order valence-electron chi connectivity index (χ2n) is 6.25. The third-order valence-electron chi connectivity index (χ3n) is 3.82. The molecule has 0 radical (unpaired) electrons. The molecule has 0 spiro atoms. The lowest BCUT2D eigenvalue weighted by Crippen LogP contribution is -2.18. The van der Waals surface area contributed by atoms with Gasteiger partial charge in [-0.1, -0.05) is 102 Å². The Labute approximate surface area is 186 Å². The van der Waals surface area contributed by atoms with Crippen LogP contribution in [0.3, 0.4) is 0 Å². The smallest absolute Gasteiger partial charge is 0.310 e. The van der Waals surface area contributed by atoms with E-state index in [1.165, 1.54) is 0 Å². The maximum absolute atomic E-state index is 11.7. The molecule has 28 heavy (non-hydrogen) atoms. The Hall–Kier alpha value is -1.36. The summed E-state index contributed by atoms with van der Waals surface area (Å²) in [7, 11) is 0. The van der Waals surface area contributed by atoms with Crippen molar-refractivity contribution in [1.29, 1.82) is 0 Å². The van der Waals surface area contributed by atoms with Gasteiger partial charge in [0.15, 0.2) is 0 Å². The molecule has 0 aliphatic carbocycles. The summed E-state index contributed by atoms with van der Waals surface area (Å²) in [5.41, 5.74) is 0. The Balaban J connectivity index is 3.74.